The van der Waals surface area contributed by atoms with Gasteiger partial charge in [0.25, 0.3) is 0 Å². The molecule has 1 aromatic carbocycles. The number of alkyl halides is 3. The molecule has 1 aliphatic carbocycles. The van der Waals surface area contributed by atoms with Crippen LogP contribution in [0.5, 0.6) is 0 Å². The van der Waals surface area contributed by atoms with Gasteiger partial charge in [0.2, 0.25) is 5.91 Å². The molecule has 3 aromatic rings. The second kappa shape index (κ2) is 9.28. The molecule has 2 aliphatic rings. The van der Waals surface area contributed by atoms with Gasteiger partial charge in [-0.15, -0.1) is 0 Å². The molecule has 1 spiro atoms. The van der Waals surface area contributed by atoms with Gasteiger partial charge in [0, 0.05) is 31.3 Å². The highest BCUT2D eigenvalue weighted by atomic mass is 19.4. The molecule has 11 heteroatoms. The molecule has 3 heterocycles. The Kier molecular flexibility index (Phi) is 6.35. The number of nitrogens with one attached hydrogen (secondary N) is 1. The standard InChI is InChI=1S/C27H30F3N5O3/c1-25(2,3)38-24(37)32-15-17-7-8-20-19(14-17)33-21(34(20)13-5-9-27(28,29)30)16-35-22-18(6-4-12-31-22)26(10-11-26)23(35)36/h4,6-8,12,14H,5,9-11,13,15-16H2,1-3H3,(H,32,37). The van der Waals surface area contributed by atoms with Crippen molar-refractivity contribution in [1.82, 2.24) is 19.9 Å². The van der Waals surface area contributed by atoms with Crippen LogP contribution in [0.4, 0.5) is 23.8 Å². The third kappa shape index (κ3) is 5.19. The number of amides is 2. The quantitative estimate of drug-likeness (QED) is 0.444. The van der Waals surface area contributed by atoms with Gasteiger partial charge in [0.05, 0.1) is 23.0 Å². The highest BCUT2D eigenvalue weighted by Gasteiger charge is 2.59. The van der Waals surface area contributed by atoms with E-state index in [-0.39, 0.29) is 32.0 Å². The molecule has 1 N–H and O–H groups in total. The normalized spacial score (nSPS) is 16.3. The molecule has 0 atom stereocenters. The van der Waals surface area contributed by atoms with Crippen molar-refractivity contribution in [3.63, 3.8) is 0 Å². The third-order valence-corrected chi connectivity index (χ3v) is 6.83. The lowest BCUT2D eigenvalue weighted by Gasteiger charge is -2.19. The number of pyridine rings is 1. The van der Waals surface area contributed by atoms with Gasteiger partial charge in [0.1, 0.15) is 17.2 Å². The van der Waals surface area contributed by atoms with Crippen molar-refractivity contribution < 1.29 is 27.5 Å². The smallest absolute Gasteiger partial charge is 0.407 e. The van der Waals surface area contributed by atoms with Gasteiger partial charge in [0.15, 0.2) is 0 Å². The average molecular weight is 530 g/mol. The van der Waals surface area contributed by atoms with E-state index in [1.807, 2.05) is 12.1 Å². The van der Waals surface area contributed by atoms with Crippen molar-refractivity contribution in [1.29, 1.82) is 0 Å². The van der Waals surface area contributed by atoms with Crippen LogP contribution in [-0.4, -0.2) is 38.3 Å². The molecule has 38 heavy (non-hydrogen) atoms. The second-order valence-electron chi connectivity index (χ2n) is 10.9. The van der Waals surface area contributed by atoms with Crippen LogP contribution in [-0.2, 0) is 34.6 Å². The number of hydrogen-bond acceptors (Lipinski definition) is 5. The fraction of sp³-hybridized carbons (Fsp3) is 0.481. The number of hydrogen-bond donors (Lipinski definition) is 1. The van der Waals surface area contributed by atoms with Crippen LogP contribution in [0.1, 0.15) is 63.4 Å². The zero-order valence-electron chi connectivity index (χ0n) is 21.6. The first kappa shape index (κ1) is 26.0. The average Bonchev–Trinajstić information content (AvgIpc) is 3.52. The molecule has 202 valence electrons. The van der Waals surface area contributed by atoms with E-state index in [1.54, 1.807) is 54.6 Å². The van der Waals surface area contributed by atoms with E-state index >= 15 is 0 Å². The number of rotatable bonds is 7. The first-order valence-electron chi connectivity index (χ1n) is 12.7. The topological polar surface area (TPSA) is 89.3 Å². The van der Waals surface area contributed by atoms with Crippen LogP contribution in [0.3, 0.4) is 0 Å². The molecule has 0 unspecified atom stereocenters. The highest BCUT2D eigenvalue weighted by molar-refractivity contribution is 6.09. The Morgan fingerprint density at radius 3 is 2.63 bits per heavy atom. The van der Waals surface area contributed by atoms with Gasteiger partial charge < -0.3 is 14.6 Å². The lowest BCUT2D eigenvalue weighted by Crippen LogP contribution is -2.33. The van der Waals surface area contributed by atoms with E-state index in [1.165, 1.54) is 0 Å². The molecular formula is C27H30F3N5O3. The molecular weight excluding hydrogens is 499 g/mol. The summed E-state index contributed by atoms with van der Waals surface area (Å²) in [7, 11) is 0. The second-order valence-corrected chi connectivity index (χ2v) is 10.9. The number of imidazole rings is 1. The van der Waals surface area contributed by atoms with Crippen molar-refractivity contribution in [2.24, 2.45) is 0 Å². The van der Waals surface area contributed by atoms with E-state index in [0.717, 1.165) is 24.0 Å². The summed E-state index contributed by atoms with van der Waals surface area (Å²) >= 11 is 0. The fourth-order valence-electron chi connectivity index (χ4n) is 4.98. The minimum atomic E-state index is -4.26. The Balaban J connectivity index is 1.42. The van der Waals surface area contributed by atoms with Gasteiger partial charge in [-0.1, -0.05) is 12.1 Å². The van der Waals surface area contributed by atoms with E-state index in [2.05, 4.69) is 10.3 Å². The van der Waals surface area contributed by atoms with Crippen LogP contribution < -0.4 is 10.2 Å². The summed E-state index contributed by atoms with van der Waals surface area (Å²) in [6.45, 7) is 5.73. The number of aromatic nitrogens is 3. The Bertz CT molecular complexity index is 1390. The summed E-state index contributed by atoms with van der Waals surface area (Å²) in [4.78, 5) is 36.2. The maximum atomic E-state index is 13.4. The molecule has 1 aliphatic heterocycles. The molecule has 0 saturated heterocycles. The van der Waals surface area contributed by atoms with Crippen molar-refractivity contribution in [3.8, 4) is 0 Å². The van der Waals surface area contributed by atoms with Gasteiger partial charge in [-0.3, -0.25) is 9.69 Å². The van der Waals surface area contributed by atoms with Crippen LogP contribution in [0.15, 0.2) is 36.5 Å². The van der Waals surface area contributed by atoms with Crippen LogP contribution in [0.25, 0.3) is 11.0 Å². The highest BCUT2D eigenvalue weighted by Crippen LogP contribution is 2.56. The van der Waals surface area contributed by atoms with Gasteiger partial charge in [-0.25, -0.2) is 14.8 Å². The fourth-order valence-corrected chi connectivity index (χ4v) is 4.98. The zero-order chi connectivity index (χ0) is 27.3. The molecule has 5 rings (SSSR count). The summed E-state index contributed by atoms with van der Waals surface area (Å²) in [5.41, 5.74) is 1.74. The Labute approximate surface area is 218 Å². The van der Waals surface area contributed by atoms with Crippen LogP contribution >= 0.6 is 0 Å². The minimum absolute atomic E-state index is 0.0395. The van der Waals surface area contributed by atoms with Gasteiger partial charge in [-0.2, -0.15) is 13.2 Å². The lowest BCUT2D eigenvalue weighted by molar-refractivity contribution is -0.135. The van der Waals surface area contributed by atoms with E-state index in [4.69, 9.17) is 9.72 Å². The molecule has 1 saturated carbocycles. The number of aryl methyl sites for hydroxylation is 1. The van der Waals surface area contributed by atoms with Gasteiger partial charge >= 0.3 is 12.3 Å². The number of fused-ring (bicyclic) bond motifs is 3. The number of carbonyl (C=O) groups is 2. The summed E-state index contributed by atoms with van der Waals surface area (Å²) in [5.74, 6) is 1.04. The van der Waals surface area contributed by atoms with Crippen LogP contribution in [0.2, 0.25) is 0 Å². The third-order valence-electron chi connectivity index (χ3n) is 6.83. The lowest BCUT2D eigenvalue weighted by atomic mass is 10.00. The van der Waals surface area contributed by atoms with E-state index < -0.39 is 29.7 Å². The first-order valence-corrected chi connectivity index (χ1v) is 12.7. The van der Waals surface area contributed by atoms with Crippen molar-refractivity contribution >= 4 is 28.9 Å². The molecule has 0 radical (unpaired) electrons. The summed E-state index contributed by atoms with van der Waals surface area (Å²) < 4.78 is 45.8. The monoisotopic (exact) mass is 529 g/mol. The number of ether oxygens (including phenoxy) is 1. The first-order chi connectivity index (χ1) is 17.9. The minimum Gasteiger partial charge on any atom is -0.444 e. The van der Waals surface area contributed by atoms with Crippen molar-refractivity contribution in [2.45, 2.75) is 83.3 Å². The Morgan fingerprint density at radius 2 is 1.95 bits per heavy atom. The predicted octanol–water partition coefficient (Wildman–Crippen LogP) is 5.38. The Morgan fingerprint density at radius 1 is 1.18 bits per heavy atom. The summed E-state index contributed by atoms with van der Waals surface area (Å²) in [6.07, 6.45) is -2.69. The zero-order valence-corrected chi connectivity index (χ0v) is 21.6. The molecule has 2 aromatic heterocycles. The SMILES string of the molecule is CC(C)(C)OC(=O)NCc1ccc2c(c1)nc(CN1C(=O)C3(CC3)c3cccnc31)n2CCCC(F)(F)F. The number of halogens is 3. The summed E-state index contributed by atoms with van der Waals surface area (Å²) in [6, 6.07) is 9.10. The maximum absolute atomic E-state index is 13.4. The predicted molar refractivity (Wildman–Crippen MR) is 134 cm³/mol. The van der Waals surface area contributed by atoms with Crippen molar-refractivity contribution in [2.75, 3.05) is 4.90 Å². The van der Waals surface area contributed by atoms with Gasteiger partial charge in [-0.05, 0) is 63.8 Å². The molecule has 2 amide bonds. The molecule has 0 bridgehead atoms. The number of alkyl carbamates (subject to hydrolysis) is 1. The van der Waals surface area contributed by atoms with E-state index in [0.29, 0.717) is 22.7 Å². The number of carbonyl (C=O) groups excluding carboxylic acids is 2. The van der Waals surface area contributed by atoms with Crippen molar-refractivity contribution in [3.05, 3.63) is 53.5 Å². The Hall–Kier alpha value is -3.63. The largest absolute Gasteiger partial charge is 0.444 e. The number of nitrogens with zero attached hydrogens (tertiary/aromatic N) is 4. The number of benzene rings is 1. The maximum Gasteiger partial charge on any atom is 0.407 e. The van der Waals surface area contributed by atoms with Crippen LogP contribution in [0, 0.1) is 0 Å². The molecule has 8 nitrogen and oxygen atoms in total. The molecule has 1 fully saturated rings. The van der Waals surface area contributed by atoms with E-state index in [9.17, 15) is 22.8 Å². The summed E-state index contributed by atoms with van der Waals surface area (Å²) in [5, 5.41) is 2.70. The number of anilines is 1.